The van der Waals surface area contributed by atoms with Crippen LogP contribution < -0.4 is 21.3 Å². The Balaban J connectivity index is 0.00000480. The van der Waals surface area contributed by atoms with Gasteiger partial charge in [0.2, 0.25) is 0 Å². The zero-order chi connectivity index (χ0) is 22.1. The molecule has 2 aromatic carbocycles. The summed E-state index contributed by atoms with van der Waals surface area (Å²) < 4.78 is 37.9. The number of carbonyl (C=O) groups is 1. The van der Waals surface area contributed by atoms with Crippen molar-refractivity contribution in [3.63, 3.8) is 0 Å². The molecule has 0 aliphatic heterocycles. The number of rotatable bonds is 6. The Morgan fingerprint density at radius 1 is 0.935 bits per heavy atom. The maximum atomic E-state index is 12.6. The molecule has 0 aromatic heterocycles. The maximum Gasteiger partial charge on any atom is 0.416 e. The summed E-state index contributed by atoms with van der Waals surface area (Å²) in [5.41, 5.74) is 1.69. The molecule has 0 aliphatic rings. The number of anilines is 1. The highest BCUT2D eigenvalue weighted by Gasteiger charge is 2.29. The number of carbonyl (C=O) groups excluding carboxylic acids is 1. The van der Waals surface area contributed by atoms with Crippen LogP contribution in [0.25, 0.3) is 0 Å². The molecule has 31 heavy (non-hydrogen) atoms. The van der Waals surface area contributed by atoms with E-state index in [-0.39, 0.29) is 36.0 Å². The van der Waals surface area contributed by atoms with Gasteiger partial charge in [0.05, 0.1) is 5.56 Å². The summed E-state index contributed by atoms with van der Waals surface area (Å²) in [5, 5.41) is 11.7. The number of nitrogens with zero attached hydrogens (tertiary/aromatic N) is 1. The number of nitrogens with one attached hydrogen (secondary N) is 4. The number of hydrogen-bond acceptors (Lipinski definition) is 2. The highest BCUT2D eigenvalue weighted by molar-refractivity contribution is 14.0. The van der Waals surface area contributed by atoms with Crippen molar-refractivity contribution in [2.45, 2.75) is 39.2 Å². The average molecular weight is 549 g/mol. The fourth-order valence-corrected chi connectivity index (χ4v) is 2.54. The maximum absolute atomic E-state index is 12.6. The summed E-state index contributed by atoms with van der Waals surface area (Å²) in [6, 6.07) is 12.1. The largest absolute Gasteiger partial charge is 0.416 e. The minimum absolute atomic E-state index is 0. The van der Waals surface area contributed by atoms with E-state index in [2.05, 4.69) is 26.3 Å². The van der Waals surface area contributed by atoms with Gasteiger partial charge in [0.1, 0.15) is 0 Å². The first-order valence-electron chi connectivity index (χ1n) is 9.44. The highest BCUT2D eigenvalue weighted by atomic mass is 127. The molecule has 0 saturated heterocycles. The molecule has 0 unspecified atom stereocenters. The molecule has 0 saturated carbocycles. The summed E-state index contributed by atoms with van der Waals surface area (Å²) >= 11 is 0. The Hall–Kier alpha value is -2.50. The van der Waals surface area contributed by atoms with Crippen LogP contribution in [-0.4, -0.2) is 25.1 Å². The topological polar surface area (TPSA) is 77.5 Å². The van der Waals surface area contributed by atoms with E-state index in [1.807, 2.05) is 26.0 Å². The van der Waals surface area contributed by atoms with Crippen LogP contribution in [0, 0.1) is 0 Å². The third kappa shape index (κ3) is 9.45. The van der Waals surface area contributed by atoms with Crippen molar-refractivity contribution in [3.8, 4) is 0 Å². The van der Waals surface area contributed by atoms with Gasteiger partial charge in [0.15, 0.2) is 5.96 Å². The molecule has 0 heterocycles. The van der Waals surface area contributed by atoms with E-state index < -0.39 is 11.7 Å². The second kappa shape index (κ2) is 12.4. The van der Waals surface area contributed by atoms with Crippen molar-refractivity contribution < 1.29 is 18.0 Å². The fraction of sp³-hybridized carbons (Fsp3) is 0.333. The number of urea groups is 1. The lowest BCUT2D eigenvalue weighted by atomic mass is 10.1. The summed E-state index contributed by atoms with van der Waals surface area (Å²) in [6.45, 7) is 4.59. The van der Waals surface area contributed by atoms with Crippen molar-refractivity contribution in [1.82, 2.24) is 16.0 Å². The SMILES string of the molecule is CN=C(NCc1ccc(NC(=O)NC(C)C)cc1)NCc1ccc(C(F)(F)F)cc1.I. The first kappa shape index (κ1) is 26.5. The molecule has 0 bridgehead atoms. The fourth-order valence-electron chi connectivity index (χ4n) is 2.54. The molecule has 2 rings (SSSR count). The van der Waals surface area contributed by atoms with Crippen molar-refractivity contribution in [1.29, 1.82) is 0 Å². The van der Waals surface area contributed by atoms with Gasteiger partial charge in [0.25, 0.3) is 0 Å². The summed E-state index contributed by atoms with van der Waals surface area (Å²) in [4.78, 5) is 15.8. The predicted molar refractivity (Wildman–Crippen MR) is 128 cm³/mol. The second-order valence-electron chi connectivity index (χ2n) is 6.92. The molecule has 0 spiro atoms. The molecule has 170 valence electrons. The van der Waals surface area contributed by atoms with E-state index in [0.29, 0.717) is 30.3 Å². The van der Waals surface area contributed by atoms with Gasteiger partial charge in [-0.3, -0.25) is 4.99 Å². The molecule has 0 fully saturated rings. The molecule has 10 heteroatoms. The first-order chi connectivity index (χ1) is 14.2. The Labute approximate surface area is 197 Å². The third-order valence-electron chi connectivity index (χ3n) is 4.06. The van der Waals surface area contributed by atoms with Gasteiger partial charge < -0.3 is 21.3 Å². The van der Waals surface area contributed by atoms with Crippen molar-refractivity contribution in [3.05, 3.63) is 65.2 Å². The van der Waals surface area contributed by atoms with E-state index in [0.717, 1.165) is 17.7 Å². The zero-order valence-electron chi connectivity index (χ0n) is 17.5. The summed E-state index contributed by atoms with van der Waals surface area (Å²) in [6.07, 6.45) is -4.34. The standard InChI is InChI=1S/C21H26F3N5O.HI/c1-14(2)28-20(30)29-18-10-6-16(7-11-18)13-27-19(25-3)26-12-15-4-8-17(9-5-15)21(22,23)24;/h4-11,14H,12-13H2,1-3H3,(H2,25,26,27)(H2,28,29,30);1H. The Morgan fingerprint density at radius 3 is 1.84 bits per heavy atom. The van der Waals surface area contributed by atoms with Gasteiger partial charge in [-0.15, -0.1) is 24.0 Å². The van der Waals surface area contributed by atoms with Crippen molar-refractivity contribution >= 4 is 41.7 Å². The van der Waals surface area contributed by atoms with Crippen LogP contribution in [0.3, 0.4) is 0 Å². The van der Waals surface area contributed by atoms with Gasteiger partial charge in [-0.05, 0) is 49.2 Å². The van der Waals surface area contributed by atoms with E-state index in [1.165, 1.54) is 12.1 Å². The second-order valence-corrected chi connectivity index (χ2v) is 6.92. The van der Waals surface area contributed by atoms with Crippen LogP contribution in [0.4, 0.5) is 23.7 Å². The van der Waals surface area contributed by atoms with Crippen LogP contribution in [0.15, 0.2) is 53.5 Å². The molecule has 2 amide bonds. The zero-order valence-corrected chi connectivity index (χ0v) is 19.8. The lowest BCUT2D eigenvalue weighted by Gasteiger charge is -2.13. The number of benzene rings is 2. The van der Waals surface area contributed by atoms with Gasteiger partial charge >= 0.3 is 12.2 Å². The number of halogens is 4. The third-order valence-corrected chi connectivity index (χ3v) is 4.06. The normalized spacial score (nSPS) is 11.5. The lowest BCUT2D eigenvalue weighted by Crippen LogP contribution is -2.36. The number of amides is 2. The molecule has 0 radical (unpaired) electrons. The van der Waals surface area contributed by atoms with Crippen LogP contribution in [0.2, 0.25) is 0 Å². The lowest BCUT2D eigenvalue weighted by molar-refractivity contribution is -0.137. The Bertz CT molecular complexity index is 853. The Kier molecular flexibility index (Phi) is 10.6. The smallest absolute Gasteiger partial charge is 0.352 e. The van der Waals surface area contributed by atoms with E-state index in [1.54, 1.807) is 19.2 Å². The van der Waals surface area contributed by atoms with Gasteiger partial charge in [-0.1, -0.05) is 24.3 Å². The molecule has 2 aromatic rings. The minimum Gasteiger partial charge on any atom is -0.352 e. The van der Waals surface area contributed by atoms with E-state index >= 15 is 0 Å². The van der Waals surface area contributed by atoms with Crippen LogP contribution in [0.5, 0.6) is 0 Å². The van der Waals surface area contributed by atoms with E-state index in [4.69, 9.17) is 0 Å². The average Bonchev–Trinajstić information content (AvgIpc) is 2.68. The molecule has 6 nitrogen and oxygen atoms in total. The molecule has 0 atom stereocenters. The van der Waals surface area contributed by atoms with Gasteiger partial charge in [-0.2, -0.15) is 13.2 Å². The minimum atomic E-state index is -4.34. The Morgan fingerprint density at radius 2 is 1.42 bits per heavy atom. The predicted octanol–water partition coefficient (Wildman–Crippen LogP) is 4.72. The quantitative estimate of drug-likeness (QED) is 0.240. The van der Waals surface area contributed by atoms with E-state index in [9.17, 15) is 18.0 Å². The number of hydrogen-bond donors (Lipinski definition) is 4. The molecule has 4 N–H and O–H groups in total. The van der Waals surface area contributed by atoms with Crippen LogP contribution in [0.1, 0.15) is 30.5 Å². The van der Waals surface area contributed by atoms with Crippen molar-refractivity contribution in [2.75, 3.05) is 12.4 Å². The van der Waals surface area contributed by atoms with Crippen molar-refractivity contribution in [2.24, 2.45) is 4.99 Å². The summed E-state index contributed by atoms with van der Waals surface area (Å²) in [5.74, 6) is 0.522. The molecular weight excluding hydrogens is 522 g/mol. The first-order valence-corrected chi connectivity index (χ1v) is 9.44. The van der Waals surface area contributed by atoms with Crippen LogP contribution >= 0.6 is 24.0 Å². The highest BCUT2D eigenvalue weighted by Crippen LogP contribution is 2.29. The number of aliphatic imine (C=N–C) groups is 1. The molecular formula is C21H27F3IN5O. The van der Waals surface area contributed by atoms with Gasteiger partial charge in [0, 0.05) is 31.9 Å². The molecule has 0 aliphatic carbocycles. The van der Waals surface area contributed by atoms with Gasteiger partial charge in [-0.25, -0.2) is 4.79 Å². The van der Waals surface area contributed by atoms with Crippen LogP contribution in [-0.2, 0) is 19.3 Å². The summed E-state index contributed by atoms with van der Waals surface area (Å²) in [7, 11) is 1.61. The number of guanidine groups is 1. The monoisotopic (exact) mass is 549 g/mol. The number of alkyl halides is 3.